The van der Waals surface area contributed by atoms with Gasteiger partial charge in [-0.2, -0.15) is 8.42 Å². The van der Waals surface area contributed by atoms with Gasteiger partial charge in [0.2, 0.25) is 4.75 Å². The Balaban J connectivity index is -0.00000338. The second-order valence-corrected chi connectivity index (χ2v) is 9.30. The molecule has 1 unspecified atom stereocenters. The summed E-state index contributed by atoms with van der Waals surface area (Å²) >= 11 is 0. The molecule has 0 bridgehead atoms. The van der Waals surface area contributed by atoms with E-state index in [1.165, 1.54) is 0 Å². The smallest absolute Gasteiger partial charge is 1.00 e. The molecule has 3 N–H and O–H groups in total. The van der Waals surface area contributed by atoms with E-state index in [1.54, 1.807) is 0 Å². The van der Waals surface area contributed by atoms with Gasteiger partial charge in [0.05, 0.1) is 0 Å². The monoisotopic (exact) mass is 432 g/mol. The molecule has 28 heavy (non-hydrogen) atoms. The van der Waals surface area contributed by atoms with E-state index in [4.69, 9.17) is 0 Å². The zero-order chi connectivity index (χ0) is 21.1. The van der Waals surface area contributed by atoms with Crippen LogP contribution in [0, 0.1) is 5.41 Å². The quantitative estimate of drug-likeness (QED) is 0.192. The van der Waals surface area contributed by atoms with Crippen LogP contribution in [0.4, 0.5) is 0 Å². The van der Waals surface area contributed by atoms with Crippen LogP contribution in [0.5, 0.6) is 0 Å². The van der Waals surface area contributed by atoms with Gasteiger partial charge >= 0.3 is 41.5 Å². The van der Waals surface area contributed by atoms with Crippen LogP contribution in [-0.2, 0) is 19.7 Å². The number of hydrogen-bond acceptors (Lipinski definition) is 4. The number of carboxylic acids is 2. The Morgan fingerprint density at radius 1 is 0.786 bits per heavy atom. The first-order valence-electron chi connectivity index (χ1n) is 9.95. The molecule has 0 aliphatic heterocycles. The maximum Gasteiger partial charge on any atom is 1.00 e. The Bertz CT molecular complexity index is 569. The fraction of sp³-hybridized carbons (Fsp3) is 0.895. The molecule has 0 aliphatic carbocycles. The van der Waals surface area contributed by atoms with Crippen LogP contribution in [0.3, 0.4) is 0 Å². The summed E-state index contributed by atoms with van der Waals surface area (Å²) < 4.78 is 31.0. The fourth-order valence-electron chi connectivity index (χ4n) is 3.64. The van der Waals surface area contributed by atoms with Crippen molar-refractivity contribution in [2.45, 2.75) is 103 Å². The number of hydrogen-bond donors (Lipinski definition) is 3. The van der Waals surface area contributed by atoms with Gasteiger partial charge in [0.1, 0.15) is 5.41 Å². The maximum absolute atomic E-state index is 12.2. The number of rotatable bonds is 16. The molecule has 7 nitrogen and oxygen atoms in total. The minimum Gasteiger partial charge on any atom is -1.00 e. The van der Waals surface area contributed by atoms with E-state index >= 15 is 0 Å². The van der Waals surface area contributed by atoms with Crippen molar-refractivity contribution >= 4 is 22.1 Å². The average Bonchev–Trinajstić information content (AvgIpc) is 2.57. The minimum absolute atomic E-state index is 0. The van der Waals surface area contributed by atoms with Gasteiger partial charge in [-0.3, -0.25) is 14.1 Å². The van der Waals surface area contributed by atoms with Gasteiger partial charge in [-0.25, -0.2) is 0 Å². The van der Waals surface area contributed by atoms with Gasteiger partial charge in [-0.05, 0) is 19.8 Å². The van der Waals surface area contributed by atoms with Crippen LogP contribution in [0.2, 0.25) is 0 Å². The summed E-state index contributed by atoms with van der Waals surface area (Å²) in [5, 5.41) is 19.6. The summed E-state index contributed by atoms with van der Waals surface area (Å²) in [6.07, 6.45) is 7.70. The maximum atomic E-state index is 12.2. The Morgan fingerprint density at radius 2 is 1.14 bits per heavy atom. The molecule has 0 saturated carbocycles. The summed E-state index contributed by atoms with van der Waals surface area (Å²) in [5.74, 6) is -3.30. The number of carbonyl (C=O) groups is 2. The average molecular weight is 433 g/mol. The van der Waals surface area contributed by atoms with Gasteiger partial charge in [0, 0.05) is 0 Å². The molecule has 0 aliphatic rings. The van der Waals surface area contributed by atoms with Crippen LogP contribution in [0.15, 0.2) is 0 Å². The van der Waals surface area contributed by atoms with Gasteiger partial charge in [0.15, 0.2) is 0 Å². The summed E-state index contributed by atoms with van der Waals surface area (Å²) in [7, 11) is -5.14. The molecule has 0 rings (SSSR count). The van der Waals surface area contributed by atoms with Gasteiger partial charge in [0.25, 0.3) is 10.1 Å². The molecular weight excluding hydrogens is 395 g/mol. The van der Waals surface area contributed by atoms with Gasteiger partial charge in [-0.1, -0.05) is 78.1 Å². The third-order valence-corrected chi connectivity index (χ3v) is 7.26. The molecule has 0 heterocycles. The number of unbranched alkanes of at least 4 members (excludes halogenated alkanes) is 8. The zero-order valence-electron chi connectivity index (χ0n) is 18.9. The van der Waals surface area contributed by atoms with E-state index in [9.17, 15) is 32.8 Å². The molecule has 0 saturated heterocycles. The number of aliphatic carboxylic acids is 2. The van der Waals surface area contributed by atoms with Gasteiger partial charge < -0.3 is 11.6 Å². The Kier molecular flexibility index (Phi) is 15.0. The van der Waals surface area contributed by atoms with Crippen molar-refractivity contribution in [3.8, 4) is 0 Å². The summed E-state index contributed by atoms with van der Waals surface area (Å²) in [4.78, 5) is 24.1. The SMILES string of the molecule is CCCCCCCC(CCCCCCC)(C(=O)O)C(C)(C(=O)O)S(=O)(=O)O.[H-].[Na+]. The zero-order valence-corrected chi connectivity index (χ0v) is 20.7. The standard InChI is InChI=1S/C19H36O7S.Na.H/c1-4-6-8-10-12-14-19(17(22)23,15-13-11-9-7-5-2)18(3,16(20)21)27(24,25)26;;/h4-15H2,1-3H3,(H,20,21)(H,22,23)(H,24,25,26);;/q;+1;-1. The van der Waals surface area contributed by atoms with Crippen molar-refractivity contribution in [1.82, 2.24) is 0 Å². The van der Waals surface area contributed by atoms with Crippen LogP contribution in [0.25, 0.3) is 0 Å². The molecule has 0 aromatic carbocycles. The molecule has 0 aromatic rings. The van der Waals surface area contributed by atoms with E-state index in [-0.39, 0.29) is 43.8 Å². The molecule has 1 atom stereocenters. The first kappa shape index (κ1) is 30.0. The normalized spacial score (nSPS) is 14.1. The molecule has 162 valence electrons. The first-order chi connectivity index (χ1) is 12.5. The van der Waals surface area contributed by atoms with E-state index in [2.05, 4.69) is 0 Å². The van der Waals surface area contributed by atoms with Crippen molar-refractivity contribution in [3.05, 3.63) is 0 Å². The summed E-state index contributed by atoms with van der Waals surface area (Å²) in [6.45, 7) is 4.91. The van der Waals surface area contributed by atoms with E-state index in [0.717, 1.165) is 45.4 Å². The Hall–Kier alpha value is -0.150. The topological polar surface area (TPSA) is 129 Å². The van der Waals surface area contributed by atoms with Crippen molar-refractivity contribution in [1.29, 1.82) is 0 Å². The van der Waals surface area contributed by atoms with Crippen LogP contribution in [-0.4, -0.2) is 39.9 Å². The molecular formula is C19H37NaO7S. The van der Waals surface area contributed by atoms with E-state index < -0.39 is 32.2 Å². The van der Waals surface area contributed by atoms with E-state index in [0.29, 0.717) is 25.7 Å². The first-order valence-corrected chi connectivity index (χ1v) is 11.4. The summed E-state index contributed by atoms with van der Waals surface area (Å²) in [6, 6.07) is 0. The largest absolute Gasteiger partial charge is 1.00 e. The Labute approximate surface area is 193 Å². The molecule has 0 amide bonds. The predicted octanol–water partition coefficient (Wildman–Crippen LogP) is 1.63. The van der Waals surface area contributed by atoms with E-state index in [1.807, 2.05) is 13.8 Å². The molecule has 0 fully saturated rings. The second kappa shape index (κ2) is 14.0. The molecule has 9 heteroatoms. The van der Waals surface area contributed by atoms with Crippen LogP contribution >= 0.6 is 0 Å². The number of carboxylic acid groups (broad SMARTS) is 2. The van der Waals surface area contributed by atoms with Crippen molar-refractivity contribution in [2.75, 3.05) is 0 Å². The second-order valence-electron chi connectivity index (χ2n) is 7.53. The third-order valence-electron chi connectivity index (χ3n) is 5.66. The fourth-order valence-corrected chi connectivity index (χ4v) is 4.65. The minimum atomic E-state index is -5.14. The van der Waals surface area contributed by atoms with Crippen LogP contribution < -0.4 is 29.6 Å². The summed E-state index contributed by atoms with van der Waals surface area (Å²) in [5.41, 5.74) is -2.06. The van der Waals surface area contributed by atoms with Crippen molar-refractivity contribution < 1.29 is 63.8 Å². The van der Waals surface area contributed by atoms with Crippen LogP contribution in [0.1, 0.15) is 99.2 Å². The molecule has 0 spiro atoms. The van der Waals surface area contributed by atoms with Crippen molar-refractivity contribution in [3.63, 3.8) is 0 Å². The van der Waals surface area contributed by atoms with Gasteiger partial charge in [-0.15, -0.1) is 0 Å². The Morgan fingerprint density at radius 3 is 1.39 bits per heavy atom. The van der Waals surface area contributed by atoms with Crippen molar-refractivity contribution in [2.24, 2.45) is 5.41 Å². The third kappa shape index (κ3) is 7.59. The predicted molar refractivity (Wildman–Crippen MR) is 106 cm³/mol. The molecule has 0 radical (unpaired) electrons. The molecule has 0 aromatic heterocycles.